The average Bonchev–Trinajstić information content (AvgIpc) is 2.58. The topological polar surface area (TPSA) is 18.5 Å². The number of alkyl halides is 1. The maximum atomic E-state index is 5.20. The number of allylic oxidation sites excluding steroid dienone is 2. The van der Waals surface area contributed by atoms with Gasteiger partial charge in [0.25, 0.3) is 0 Å². The monoisotopic (exact) mass is 438 g/mol. The number of rotatable bonds is 18. The molecule has 0 saturated heterocycles. The van der Waals surface area contributed by atoms with E-state index in [2.05, 4.69) is 34.7 Å². The van der Waals surface area contributed by atoms with Crippen LogP contribution in [0.1, 0.15) is 89.9 Å². The van der Waals surface area contributed by atoms with Crippen LogP contribution < -0.4 is 0 Å². The molecule has 0 aliphatic carbocycles. The van der Waals surface area contributed by atoms with E-state index in [1.165, 1.54) is 87.9 Å². The van der Waals surface area contributed by atoms with Gasteiger partial charge >= 0.3 is 0 Å². The maximum Gasteiger partial charge on any atom is 0.156 e. The van der Waals surface area contributed by atoms with Gasteiger partial charge in [-0.25, -0.2) is 0 Å². The minimum Gasteiger partial charge on any atom is -0.356 e. The van der Waals surface area contributed by atoms with Crippen LogP contribution in [-0.2, 0) is 9.47 Å². The molecular weight excluding hydrogens is 399 g/mol. The second kappa shape index (κ2) is 20.4. The van der Waals surface area contributed by atoms with Crippen molar-refractivity contribution in [1.29, 1.82) is 0 Å². The van der Waals surface area contributed by atoms with Crippen molar-refractivity contribution in [2.75, 3.05) is 18.6 Å². The van der Waals surface area contributed by atoms with Gasteiger partial charge in [0.15, 0.2) is 6.29 Å². The third kappa shape index (κ3) is 18.6. The van der Waals surface area contributed by atoms with Gasteiger partial charge in [-0.1, -0.05) is 92.5 Å². The first kappa shape index (κ1) is 23.4. The largest absolute Gasteiger partial charge is 0.356 e. The Morgan fingerprint density at radius 2 is 1.09 bits per heavy atom. The zero-order valence-electron chi connectivity index (χ0n) is 15.5. The Hall–Kier alpha value is 0.390. The minimum absolute atomic E-state index is 0.00298. The van der Waals surface area contributed by atoms with Crippen molar-refractivity contribution in [2.24, 2.45) is 0 Å². The zero-order valence-corrected chi connectivity index (χ0v) is 17.7. The van der Waals surface area contributed by atoms with Crippen LogP contribution in [0.2, 0.25) is 0 Å². The van der Waals surface area contributed by atoms with E-state index in [1.807, 2.05) is 0 Å². The van der Waals surface area contributed by atoms with Crippen molar-refractivity contribution < 1.29 is 9.47 Å². The van der Waals surface area contributed by atoms with Crippen LogP contribution in [0.25, 0.3) is 0 Å². The third-order valence-electron chi connectivity index (χ3n) is 4.28. The lowest BCUT2D eigenvalue weighted by molar-refractivity contribution is -0.107. The lowest BCUT2D eigenvalue weighted by Gasteiger charge is -2.12. The summed E-state index contributed by atoms with van der Waals surface area (Å²) in [7, 11) is 3.44. The molecule has 3 heteroatoms. The first-order valence-corrected chi connectivity index (χ1v) is 11.1. The van der Waals surface area contributed by atoms with E-state index >= 15 is 0 Å². The van der Waals surface area contributed by atoms with E-state index in [0.29, 0.717) is 0 Å². The van der Waals surface area contributed by atoms with E-state index in [-0.39, 0.29) is 6.29 Å². The van der Waals surface area contributed by atoms with E-state index in [1.54, 1.807) is 14.2 Å². The van der Waals surface area contributed by atoms with Gasteiger partial charge in [-0.3, -0.25) is 0 Å². The molecule has 0 aromatic carbocycles. The van der Waals surface area contributed by atoms with Gasteiger partial charge in [0, 0.05) is 18.6 Å². The van der Waals surface area contributed by atoms with Crippen LogP contribution in [0, 0.1) is 0 Å². The SMILES string of the molecule is COC(CCCCCCCCCCCCC/C=C\CCI)OC. The summed E-state index contributed by atoms with van der Waals surface area (Å²) >= 11 is 2.43. The molecule has 0 atom stereocenters. The Balaban J connectivity index is 3.08. The predicted octanol–water partition coefficient (Wildman–Crippen LogP) is 7.06. The molecule has 23 heavy (non-hydrogen) atoms. The number of ether oxygens (including phenoxy) is 2. The van der Waals surface area contributed by atoms with Crippen LogP contribution in [0.5, 0.6) is 0 Å². The van der Waals surface area contributed by atoms with E-state index in [9.17, 15) is 0 Å². The molecule has 138 valence electrons. The van der Waals surface area contributed by atoms with Crippen LogP contribution in [0.15, 0.2) is 12.2 Å². The van der Waals surface area contributed by atoms with Crippen LogP contribution in [0.3, 0.4) is 0 Å². The Kier molecular flexibility index (Phi) is 20.8. The third-order valence-corrected chi connectivity index (χ3v) is 4.90. The highest BCUT2D eigenvalue weighted by Gasteiger charge is 2.03. The van der Waals surface area contributed by atoms with Crippen molar-refractivity contribution in [3.63, 3.8) is 0 Å². The van der Waals surface area contributed by atoms with E-state index < -0.39 is 0 Å². The molecule has 0 radical (unpaired) electrons. The molecule has 0 aromatic rings. The van der Waals surface area contributed by atoms with E-state index in [0.717, 1.165) is 6.42 Å². The summed E-state index contributed by atoms with van der Waals surface area (Å²) < 4.78 is 11.6. The van der Waals surface area contributed by atoms with Crippen LogP contribution >= 0.6 is 22.6 Å². The van der Waals surface area contributed by atoms with Crippen LogP contribution in [-0.4, -0.2) is 24.9 Å². The summed E-state index contributed by atoms with van der Waals surface area (Å²) in [6.45, 7) is 0. The van der Waals surface area contributed by atoms with Crippen molar-refractivity contribution in [2.45, 2.75) is 96.2 Å². The van der Waals surface area contributed by atoms with Gasteiger partial charge in [0.2, 0.25) is 0 Å². The highest BCUT2D eigenvalue weighted by atomic mass is 127. The quantitative estimate of drug-likeness (QED) is 0.0750. The number of unbranched alkanes of at least 4 members (excludes halogenated alkanes) is 11. The number of hydrogen-bond donors (Lipinski definition) is 0. The molecule has 0 heterocycles. The molecule has 0 aliphatic heterocycles. The normalized spacial score (nSPS) is 11.8. The highest BCUT2D eigenvalue weighted by Crippen LogP contribution is 2.13. The smallest absolute Gasteiger partial charge is 0.156 e. The highest BCUT2D eigenvalue weighted by molar-refractivity contribution is 14.1. The van der Waals surface area contributed by atoms with Crippen LogP contribution in [0.4, 0.5) is 0 Å². The number of halogens is 1. The summed E-state index contributed by atoms with van der Waals surface area (Å²) in [5.41, 5.74) is 0. The van der Waals surface area contributed by atoms with Gasteiger partial charge in [-0.15, -0.1) is 0 Å². The first-order valence-electron chi connectivity index (χ1n) is 9.61. The molecule has 0 rings (SSSR count). The fourth-order valence-corrected chi connectivity index (χ4v) is 3.15. The second-order valence-electron chi connectivity index (χ2n) is 6.32. The second-order valence-corrected chi connectivity index (χ2v) is 7.40. The lowest BCUT2D eigenvalue weighted by atomic mass is 10.0. The molecule has 0 N–H and O–H groups in total. The van der Waals surface area contributed by atoms with Gasteiger partial charge < -0.3 is 9.47 Å². The standard InChI is InChI=1S/C20H39IO2/c1-22-20(23-2)18-16-14-12-10-8-6-4-3-5-7-9-11-13-15-17-19-21/h13,15,20H,3-12,14,16-19H2,1-2H3/b15-13-. The molecule has 0 spiro atoms. The lowest BCUT2D eigenvalue weighted by Crippen LogP contribution is -2.12. The average molecular weight is 438 g/mol. The molecule has 0 bridgehead atoms. The molecule has 0 unspecified atom stereocenters. The zero-order chi connectivity index (χ0) is 17.0. The predicted molar refractivity (Wildman–Crippen MR) is 110 cm³/mol. The Labute approximate surface area is 158 Å². The molecule has 2 nitrogen and oxygen atoms in total. The maximum absolute atomic E-state index is 5.20. The number of methoxy groups -OCH3 is 2. The molecule has 0 amide bonds. The summed E-state index contributed by atoms with van der Waals surface area (Å²) in [5, 5.41) is 0. The Morgan fingerprint density at radius 3 is 1.57 bits per heavy atom. The van der Waals surface area contributed by atoms with Gasteiger partial charge in [0.05, 0.1) is 0 Å². The Morgan fingerprint density at radius 1 is 0.652 bits per heavy atom. The number of hydrogen-bond acceptors (Lipinski definition) is 2. The first-order chi connectivity index (χ1) is 11.3. The molecule has 0 aliphatic rings. The summed E-state index contributed by atoms with van der Waals surface area (Å²) in [4.78, 5) is 0. The van der Waals surface area contributed by atoms with Gasteiger partial charge in [-0.05, 0) is 32.1 Å². The fourth-order valence-electron chi connectivity index (χ4n) is 2.79. The Bertz CT molecular complexity index is 240. The fraction of sp³-hybridized carbons (Fsp3) is 0.900. The van der Waals surface area contributed by atoms with E-state index in [4.69, 9.17) is 9.47 Å². The molecule has 0 saturated carbocycles. The molecule has 0 aromatic heterocycles. The van der Waals surface area contributed by atoms with Crippen molar-refractivity contribution in [3.8, 4) is 0 Å². The summed E-state index contributed by atoms with van der Waals surface area (Å²) in [5.74, 6) is 0. The minimum atomic E-state index is -0.00298. The van der Waals surface area contributed by atoms with Crippen molar-refractivity contribution in [1.82, 2.24) is 0 Å². The van der Waals surface area contributed by atoms with Gasteiger partial charge in [0.1, 0.15) is 0 Å². The molecule has 0 fully saturated rings. The van der Waals surface area contributed by atoms with Crippen molar-refractivity contribution >= 4 is 22.6 Å². The summed E-state index contributed by atoms with van der Waals surface area (Å²) in [6.07, 6.45) is 23.4. The molecular formula is C20H39IO2. The van der Waals surface area contributed by atoms with Gasteiger partial charge in [-0.2, -0.15) is 0 Å². The van der Waals surface area contributed by atoms with Crippen molar-refractivity contribution in [3.05, 3.63) is 12.2 Å². The summed E-state index contributed by atoms with van der Waals surface area (Å²) in [6, 6.07) is 0.